The summed E-state index contributed by atoms with van der Waals surface area (Å²) in [5.74, 6) is -0.915. The van der Waals surface area contributed by atoms with Gasteiger partial charge in [-0.1, -0.05) is 110 Å². The summed E-state index contributed by atoms with van der Waals surface area (Å²) in [6.07, 6.45) is 12.9. The molecular formula is C18H32Br2O3. The maximum atomic E-state index is 11.9. The van der Waals surface area contributed by atoms with Crippen LogP contribution >= 0.6 is 31.9 Å². The van der Waals surface area contributed by atoms with Gasteiger partial charge in [0.05, 0.1) is 0 Å². The first kappa shape index (κ1) is 23.1. The first-order valence-electron chi connectivity index (χ1n) is 9.06. The van der Waals surface area contributed by atoms with Crippen LogP contribution in [0, 0.1) is 0 Å². The summed E-state index contributed by atoms with van der Waals surface area (Å²) in [6.45, 7) is 4.35. The SMILES string of the molecule is CCCCCCCC(Br)C(=O)OC(=O)C(Br)CCCCCCC. The Bertz CT molecular complexity index is 291. The number of alkyl halides is 2. The number of esters is 2. The second-order valence-corrected chi connectivity index (χ2v) is 8.29. The van der Waals surface area contributed by atoms with Crippen LogP contribution < -0.4 is 0 Å². The fourth-order valence-electron chi connectivity index (χ4n) is 2.32. The zero-order valence-electron chi connectivity index (χ0n) is 14.6. The van der Waals surface area contributed by atoms with Gasteiger partial charge in [0.2, 0.25) is 0 Å². The molecule has 0 aromatic rings. The molecule has 0 aliphatic carbocycles. The maximum absolute atomic E-state index is 11.9. The predicted octanol–water partition coefficient (Wildman–Crippen LogP) is 6.30. The monoisotopic (exact) mass is 454 g/mol. The van der Waals surface area contributed by atoms with Gasteiger partial charge in [0, 0.05) is 0 Å². The normalized spacial score (nSPS) is 13.6. The quantitative estimate of drug-likeness (QED) is 0.133. The Morgan fingerprint density at radius 3 is 1.39 bits per heavy atom. The van der Waals surface area contributed by atoms with Crippen molar-refractivity contribution in [2.45, 2.75) is 101 Å². The molecule has 0 aromatic heterocycles. The summed E-state index contributed by atoms with van der Waals surface area (Å²) in [7, 11) is 0. The highest BCUT2D eigenvalue weighted by Crippen LogP contribution is 2.17. The Morgan fingerprint density at radius 1 is 0.696 bits per heavy atom. The van der Waals surface area contributed by atoms with Gasteiger partial charge in [-0.3, -0.25) is 9.59 Å². The predicted molar refractivity (Wildman–Crippen MR) is 103 cm³/mol. The van der Waals surface area contributed by atoms with Crippen molar-refractivity contribution in [3.63, 3.8) is 0 Å². The summed E-state index contributed by atoms with van der Waals surface area (Å²) in [5, 5.41) is 0. The molecule has 0 rings (SSSR count). The lowest BCUT2D eigenvalue weighted by Crippen LogP contribution is -2.26. The summed E-state index contributed by atoms with van der Waals surface area (Å²) >= 11 is 6.66. The number of hydrogen-bond acceptors (Lipinski definition) is 3. The van der Waals surface area contributed by atoms with Crippen LogP contribution in [-0.4, -0.2) is 21.6 Å². The molecule has 0 aliphatic rings. The van der Waals surface area contributed by atoms with Crippen molar-refractivity contribution < 1.29 is 14.3 Å². The van der Waals surface area contributed by atoms with Gasteiger partial charge in [-0.05, 0) is 12.8 Å². The molecule has 0 spiro atoms. The molecule has 0 fully saturated rings. The van der Waals surface area contributed by atoms with Gasteiger partial charge >= 0.3 is 11.9 Å². The number of hydrogen-bond donors (Lipinski definition) is 0. The van der Waals surface area contributed by atoms with Crippen LogP contribution in [-0.2, 0) is 14.3 Å². The molecule has 2 unspecified atom stereocenters. The average Bonchev–Trinajstić information content (AvgIpc) is 2.53. The largest absolute Gasteiger partial charge is 0.391 e. The molecule has 0 aliphatic heterocycles. The van der Waals surface area contributed by atoms with Gasteiger partial charge in [0.1, 0.15) is 9.65 Å². The van der Waals surface area contributed by atoms with Crippen molar-refractivity contribution in [1.82, 2.24) is 0 Å². The van der Waals surface area contributed by atoms with Crippen molar-refractivity contribution in [3.05, 3.63) is 0 Å². The number of rotatable bonds is 14. The van der Waals surface area contributed by atoms with Crippen LogP contribution in [0.4, 0.5) is 0 Å². The zero-order chi connectivity index (χ0) is 17.5. The smallest absolute Gasteiger partial charge is 0.327 e. The van der Waals surface area contributed by atoms with E-state index < -0.39 is 11.9 Å². The van der Waals surface area contributed by atoms with Gasteiger partial charge in [-0.15, -0.1) is 0 Å². The van der Waals surface area contributed by atoms with Crippen LogP contribution in [0.3, 0.4) is 0 Å². The second kappa shape index (κ2) is 15.6. The zero-order valence-corrected chi connectivity index (χ0v) is 17.8. The van der Waals surface area contributed by atoms with Crippen molar-refractivity contribution in [2.24, 2.45) is 0 Å². The fraction of sp³-hybridized carbons (Fsp3) is 0.889. The lowest BCUT2D eigenvalue weighted by atomic mass is 10.1. The topological polar surface area (TPSA) is 43.4 Å². The van der Waals surface area contributed by atoms with Crippen molar-refractivity contribution in [1.29, 1.82) is 0 Å². The number of carbonyl (C=O) groups is 2. The minimum absolute atomic E-state index is 0.377. The highest BCUT2D eigenvalue weighted by Gasteiger charge is 2.23. The van der Waals surface area contributed by atoms with Crippen LogP contribution in [0.5, 0.6) is 0 Å². The van der Waals surface area contributed by atoms with E-state index in [1.165, 1.54) is 38.5 Å². The van der Waals surface area contributed by atoms with E-state index in [0.717, 1.165) is 38.5 Å². The van der Waals surface area contributed by atoms with Crippen molar-refractivity contribution in [3.8, 4) is 0 Å². The third kappa shape index (κ3) is 13.1. The Balaban J connectivity index is 3.82. The number of halogens is 2. The molecule has 0 saturated carbocycles. The lowest BCUT2D eigenvalue weighted by Gasteiger charge is -2.12. The molecule has 0 heterocycles. The molecule has 0 N–H and O–H groups in total. The standard InChI is InChI=1S/C18H32Br2O3/c1-3-5-7-9-11-13-15(19)17(21)23-18(22)16(20)14-12-10-8-6-4-2/h15-16H,3-14H2,1-2H3. The Labute approximate surface area is 158 Å². The van der Waals surface area contributed by atoms with Crippen molar-refractivity contribution >= 4 is 43.8 Å². The van der Waals surface area contributed by atoms with E-state index >= 15 is 0 Å². The number of carbonyl (C=O) groups excluding carboxylic acids is 2. The molecular weight excluding hydrogens is 424 g/mol. The number of unbranched alkanes of at least 4 members (excludes halogenated alkanes) is 8. The highest BCUT2D eigenvalue weighted by atomic mass is 79.9. The molecule has 5 heteroatoms. The van der Waals surface area contributed by atoms with Crippen LogP contribution in [0.2, 0.25) is 0 Å². The molecule has 136 valence electrons. The highest BCUT2D eigenvalue weighted by molar-refractivity contribution is 9.10. The molecule has 0 aromatic carbocycles. The van der Waals surface area contributed by atoms with Gasteiger partial charge in [-0.25, -0.2) is 0 Å². The van der Waals surface area contributed by atoms with Gasteiger partial charge < -0.3 is 4.74 Å². The minimum Gasteiger partial charge on any atom is -0.391 e. The van der Waals surface area contributed by atoms with E-state index in [9.17, 15) is 9.59 Å². The molecule has 0 bridgehead atoms. The average molecular weight is 456 g/mol. The first-order valence-corrected chi connectivity index (χ1v) is 10.9. The van der Waals surface area contributed by atoms with Gasteiger partial charge in [0.25, 0.3) is 0 Å². The second-order valence-electron chi connectivity index (χ2n) is 6.08. The van der Waals surface area contributed by atoms with Gasteiger partial charge in [0.15, 0.2) is 0 Å². The molecule has 3 nitrogen and oxygen atoms in total. The van der Waals surface area contributed by atoms with Crippen LogP contribution in [0.25, 0.3) is 0 Å². The van der Waals surface area contributed by atoms with E-state index in [2.05, 4.69) is 45.7 Å². The van der Waals surface area contributed by atoms with E-state index in [1.807, 2.05) is 0 Å². The Hall–Kier alpha value is 0.1000. The third-order valence-electron chi connectivity index (χ3n) is 3.83. The van der Waals surface area contributed by atoms with Crippen LogP contribution in [0.1, 0.15) is 90.9 Å². The summed E-state index contributed by atoms with van der Waals surface area (Å²) in [6, 6.07) is 0. The Morgan fingerprint density at radius 2 is 1.04 bits per heavy atom. The van der Waals surface area contributed by atoms with Crippen molar-refractivity contribution in [2.75, 3.05) is 0 Å². The summed E-state index contributed by atoms with van der Waals surface area (Å²) in [5.41, 5.74) is 0. The molecule has 0 radical (unpaired) electrons. The minimum atomic E-state index is -0.457. The van der Waals surface area contributed by atoms with Gasteiger partial charge in [-0.2, -0.15) is 0 Å². The van der Waals surface area contributed by atoms with E-state index in [-0.39, 0.29) is 9.65 Å². The van der Waals surface area contributed by atoms with E-state index in [1.54, 1.807) is 0 Å². The fourth-order valence-corrected chi connectivity index (χ4v) is 3.15. The van der Waals surface area contributed by atoms with E-state index in [4.69, 9.17) is 4.74 Å². The van der Waals surface area contributed by atoms with Crippen LogP contribution in [0.15, 0.2) is 0 Å². The maximum Gasteiger partial charge on any atom is 0.327 e. The summed E-state index contributed by atoms with van der Waals surface area (Å²) in [4.78, 5) is 23.0. The summed E-state index contributed by atoms with van der Waals surface area (Å²) < 4.78 is 4.96. The van der Waals surface area contributed by atoms with E-state index in [0.29, 0.717) is 0 Å². The Kier molecular flexibility index (Phi) is 15.7. The lowest BCUT2D eigenvalue weighted by molar-refractivity contribution is -0.158. The molecule has 23 heavy (non-hydrogen) atoms. The number of ether oxygens (including phenoxy) is 1. The first-order chi connectivity index (χ1) is 11.0. The third-order valence-corrected chi connectivity index (χ3v) is 5.50. The molecule has 0 saturated heterocycles. The molecule has 2 atom stereocenters. The molecule has 0 amide bonds.